The second-order valence-electron chi connectivity index (χ2n) is 6.30. The average Bonchev–Trinajstić information content (AvgIpc) is 3.33. The van der Waals surface area contributed by atoms with E-state index in [1.165, 1.54) is 23.5 Å². The van der Waals surface area contributed by atoms with Gasteiger partial charge in [-0.05, 0) is 24.0 Å². The van der Waals surface area contributed by atoms with E-state index >= 15 is 0 Å². The summed E-state index contributed by atoms with van der Waals surface area (Å²) >= 11 is 1.23. The Kier molecular flexibility index (Phi) is 4.43. The van der Waals surface area contributed by atoms with Crippen LogP contribution in [-0.4, -0.2) is 16.1 Å². The normalized spacial score (nSPS) is 18.9. The standard InChI is InChI=1S/C19H14F3N3OS/c20-19(21,22)15-9-5-4-8-12(15)13-10-14(13)16(26)23-18-25-24-17(27-18)11-6-2-1-3-7-11/h1-9,13-14H,10H2,(H,23,25,26). The number of halogens is 3. The number of carbonyl (C=O) groups excluding carboxylic acids is 1. The Morgan fingerprint density at radius 3 is 2.48 bits per heavy atom. The van der Waals surface area contributed by atoms with Crippen LogP contribution in [0.3, 0.4) is 0 Å². The van der Waals surface area contributed by atoms with Crippen LogP contribution in [0.15, 0.2) is 54.6 Å². The SMILES string of the molecule is O=C(Nc1nnc(-c2ccccc2)s1)C1CC1c1ccccc1C(F)(F)F. The van der Waals surface area contributed by atoms with Crippen molar-refractivity contribution in [1.29, 1.82) is 0 Å². The number of carbonyl (C=O) groups is 1. The van der Waals surface area contributed by atoms with Crippen molar-refractivity contribution in [3.05, 3.63) is 65.7 Å². The van der Waals surface area contributed by atoms with E-state index in [9.17, 15) is 18.0 Å². The smallest absolute Gasteiger partial charge is 0.300 e. The van der Waals surface area contributed by atoms with Crippen molar-refractivity contribution in [3.8, 4) is 10.6 Å². The predicted molar refractivity (Wildman–Crippen MR) is 96.3 cm³/mol. The fourth-order valence-electron chi connectivity index (χ4n) is 3.08. The van der Waals surface area contributed by atoms with Crippen molar-refractivity contribution in [1.82, 2.24) is 10.2 Å². The Morgan fingerprint density at radius 1 is 1.04 bits per heavy atom. The minimum Gasteiger partial charge on any atom is -0.300 e. The first-order valence-corrected chi connectivity index (χ1v) is 9.11. The zero-order valence-electron chi connectivity index (χ0n) is 13.9. The van der Waals surface area contributed by atoms with E-state index in [0.717, 1.165) is 11.6 Å². The molecule has 2 aromatic carbocycles. The Labute approximate surface area is 157 Å². The lowest BCUT2D eigenvalue weighted by Crippen LogP contribution is -2.15. The number of nitrogens with one attached hydrogen (secondary N) is 1. The lowest BCUT2D eigenvalue weighted by molar-refractivity contribution is -0.138. The number of benzene rings is 2. The van der Waals surface area contributed by atoms with E-state index in [2.05, 4.69) is 15.5 Å². The van der Waals surface area contributed by atoms with Gasteiger partial charge in [-0.25, -0.2) is 0 Å². The van der Waals surface area contributed by atoms with E-state index in [-0.39, 0.29) is 11.5 Å². The van der Waals surface area contributed by atoms with Crippen LogP contribution in [-0.2, 0) is 11.0 Å². The summed E-state index contributed by atoms with van der Waals surface area (Å²) in [5.41, 5.74) is 0.388. The zero-order valence-corrected chi connectivity index (χ0v) is 14.7. The summed E-state index contributed by atoms with van der Waals surface area (Å²) in [5, 5.41) is 11.7. The van der Waals surface area contributed by atoms with Gasteiger partial charge in [-0.1, -0.05) is 59.9 Å². The quantitative estimate of drug-likeness (QED) is 0.686. The molecule has 0 aliphatic heterocycles. The van der Waals surface area contributed by atoms with Crippen molar-refractivity contribution >= 4 is 22.4 Å². The highest BCUT2D eigenvalue weighted by Gasteiger charge is 2.48. The molecule has 8 heteroatoms. The van der Waals surface area contributed by atoms with Gasteiger partial charge in [0.15, 0.2) is 0 Å². The first-order chi connectivity index (χ1) is 12.9. The van der Waals surface area contributed by atoms with Crippen LogP contribution in [0.1, 0.15) is 23.5 Å². The molecule has 3 aromatic rings. The van der Waals surface area contributed by atoms with Crippen LogP contribution in [0.2, 0.25) is 0 Å². The monoisotopic (exact) mass is 389 g/mol. The molecule has 1 heterocycles. The minimum atomic E-state index is -4.43. The van der Waals surface area contributed by atoms with E-state index in [1.54, 1.807) is 6.07 Å². The van der Waals surface area contributed by atoms with E-state index in [0.29, 0.717) is 16.6 Å². The van der Waals surface area contributed by atoms with Crippen molar-refractivity contribution < 1.29 is 18.0 Å². The number of anilines is 1. The molecule has 1 aliphatic carbocycles. The van der Waals surface area contributed by atoms with E-state index < -0.39 is 23.6 Å². The Morgan fingerprint density at radius 2 is 1.74 bits per heavy atom. The summed E-state index contributed by atoms with van der Waals surface area (Å²) in [4.78, 5) is 12.4. The molecule has 0 saturated heterocycles. The predicted octanol–water partition coefficient (Wildman–Crippen LogP) is 4.97. The average molecular weight is 389 g/mol. The number of rotatable bonds is 4. The zero-order chi connectivity index (χ0) is 19.0. The molecule has 4 rings (SSSR count). The summed E-state index contributed by atoms with van der Waals surface area (Å²) in [7, 11) is 0. The summed E-state index contributed by atoms with van der Waals surface area (Å²) in [5.74, 6) is -1.24. The lowest BCUT2D eigenvalue weighted by Gasteiger charge is -2.12. The molecule has 138 valence electrons. The van der Waals surface area contributed by atoms with E-state index in [4.69, 9.17) is 0 Å². The molecule has 1 amide bonds. The van der Waals surface area contributed by atoms with Crippen LogP contribution in [0, 0.1) is 5.92 Å². The number of amides is 1. The molecule has 2 unspecified atom stereocenters. The first kappa shape index (κ1) is 17.7. The number of nitrogens with zero attached hydrogens (tertiary/aromatic N) is 2. The summed E-state index contributed by atoms with van der Waals surface area (Å²) < 4.78 is 39.5. The Hall–Kier alpha value is -2.74. The second-order valence-corrected chi connectivity index (χ2v) is 7.28. The van der Waals surface area contributed by atoms with Crippen molar-refractivity contribution in [2.75, 3.05) is 5.32 Å². The molecule has 2 atom stereocenters. The van der Waals surface area contributed by atoms with Crippen molar-refractivity contribution in [2.24, 2.45) is 5.92 Å². The lowest BCUT2D eigenvalue weighted by atomic mass is 10.0. The maximum atomic E-state index is 13.2. The summed E-state index contributed by atoms with van der Waals surface area (Å²) in [6.45, 7) is 0. The minimum absolute atomic E-state index is 0.174. The van der Waals surface area contributed by atoms with Crippen LogP contribution in [0.5, 0.6) is 0 Å². The third-order valence-corrected chi connectivity index (χ3v) is 5.36. The van der Waals surface area contributed by atoms with Crippen molar-refractivity contribution in [3.63, 3.8) is 0 Å². The highest BCUT2D eigenvalue weighted by Crippen LogP contribution is 2.51. The van der Waals surface area contributed by atoms with Gasteiger partial charge in [0.05, 0.1) is 5.56 Å². The fraction of sp³-hybridized carbons (Fsp3) is 0.211. The maximum Gasteiger partial charge on any atom is 0.416 e. The molecule has 1 aliphatic rings. The van der Waals surface area contributed by atoms with E-state index in [1.807, 2.05) is 30.3 Å². The van der Waals surface area contributed by atoms with Gasteiger partial charge in [-0.15, -0.1) is 10.2 Å². The summed E-state index contributed by atoms with van der Waals surface area (Å²) in [6.07, 6.45) is -4.03. The first-order valence-electron chi connectivity index (χ1n) is 8.29. The number of aromatic nitrogens is 2. The number of hydrogen-bond donors (Lipinski definition) is 1. The molecular formula is C19H14F3N3OS. The molecular weight excluding hydrogens is 375 g/mol. The molecule has 4 nitrogen and oxygen atoms in total. The van der Waals surface area contributed by atoms with Gasteiger partial charge < -0.3 is 5.32 Å². The third kappa shape index (κ3) is 3.71. The van der Waals surface area contributed by atoms with Gasteiger partial charge in [0.1, 0.15) is 5.01 Å². The number of hydrogen-bond acceptors (Lipinski definition) is 4. The van der Waals surface area contributed by atoms with Crippen LogP contribution >= 0.6 is 11.3 Å². The van der Waals surface area contributed by atoms with Gasteiger partial charge in [0, 0.05) is 11.5 Å². The third-order valence-electron chi connectivity index (χ3n) is 4.47. The Balaban J connectivity index is 1.45. The molecule has 0 bridgehead atoms. The van der Waals surface area contributed by atoms with Gasteiger partial charge in [-0.3, -0.25) is 4.79 Å². The second kappa shape index (κ2) is 6.77. The van der Waals surface area contributed by atoms with Gasteiger partial charge >= 0.3 is 6.18 Å². The molecule has 1 saturated carbocycles. The van der Waals surface area contributed by atoms with Gasteiger partial charge in [0.25, 0.3) is 0 Å². The molecule has 1 N–H and O–H groups in total. The van der Waals surface area contributed by atoms with Crippen LogP contribution < -0.4 is 5.32 Å². The molecule has 27 heavy (non-hydrogen) atoms. The highest BCUT2D eigenvalue weighted by atomic mass is 32.1. The van der Waals surface area contributed by atoms with Crippen LogP contribution in [0.4, 0.5) is 18.3 Å². The van der Waals surface area contributed by atoms with Crippen LogP contribution in [0.25, 0.3) is 10.6 Å². The fourth-order valence-corrected chi connectivity index (χ4v) is 3.83. The van der Waals surface area contributed by atoms with Gasteiger partial charge in [0.2, 0.25) is 11.0 Å². The largest absolute Gasteiger partial charge is 0.416 e. The molecule has 0 spiro atoms. The maximum absolute atomic E-state index is 13.2. The molecule has 1 aromatic heterocycles. The highest BCUT2D eigenvalue weighted by molar-refractivity contribution is 7.18. The number of alkyl halides is 3. The Bertz CT molecular complexity index is 972. The summed E-state index contributed by atoms with van der Waals surface area (Å²) in [6, 6.07) is 14.8. The molecule has 0 radical (unpaired) electrons. The van der Waals surface area contributed by atoms with Gasteiger partial charge in [-0.2, -0.15) is 13.2 Å². The topological polar surface area (TPSA) is 54.9 Å². The molecule has 1 fully saturated rings. The van der Waals surface area contributed by atoms with Crippen molar-refractivity contribution in [2.45, 2.75) is 18.5 Å².